The monoisotopic (exact) mass is 341 g/mol. The molecule has 25 heavy (non-hydrogen) atoms. The second-order valence-electron chi connectivity index (χ2n) is 6.67. The molecular formula is C18H20FN5O. The van der Waals surface area contributed by atoms with Crippen LogP contribution in [0.3, 0.4) is 0 Å². The van der Waals surface area contributed by atoms with Crippen LogP contribution in [0.1, 0.15) is 36.1 Å². The molecular weight excluding hydrogens is 321 g/mol. The third-order valence-corrected chi connectivity index (χ3v) is 4.75. The maximum absolute atomic E-state index is 14.0. The van der Waals surface area contributed by atoms with E-state index in [0.717, 1.165) is 43.3 Å². The molecule has 3 aromatic rings. The largest absolute Gasteiger partial charge is 0.355 e. The van der Waals surface area contributed by atoms with Gasteiger partial charge in [0, 0.05) is 36.2 Å². The Bertz CT molecular complexity index is 963. The zero-order valence-electron chi connectivity index (χ0n) is 14.1. The molecule has 6 nitrogen and oxygen atoms in total. The number of nitrogens with zero attached hydrogens (tertiary/aromatic N) is 3. The predicted octanol–water partition coefficient (Wildman–Crippen LogP) is 2.47. The van der Waals surface area contributed by atoms with Crippen LogP contribution in [0.2, 0.25) is 0 Å². The highest BCUT2D eigenvalue weighted by Gasteiger charge is 2.24. The number of hydrogen-bond acceptors (Lipinski definition) is 4. The fourth-order valence-corrected chi connectivity index (χ4v) is 3.57. The molecule has 1 saturated heterocycles. The Balaban J connectivity index is 1.56. The molecule has 0 amide bonds. The number of benzene rings is 1. The number of aromatic amines is 2. The number of hydrogen-bond donors (Lipinski definition) is 2. The zero-order valence-corrected chi connectivity index (χ0v) is 14.1. The van der Waals surface area contributed by atoms with Gasteiger partial charge in [0.1, 0.15) is 11.6 Å². The highest BCUT2D eigenvalue weighted by Crippen LogP contribution is 2.25. The number of piperidine rings is 1. The number of likely N-dealkylation sites (tertiary alicyclic amines) is 1. The minimum absolute atomic E-state index is 0.151. The van der Waals surface area contributed by atoms with Crippen LogP contribution in [0.4, 0.5) is 4.39 Å². The summed E-state index contributed by atoms with van der Waals surface area (Å²) in [5.41, 5.74) is 0.860. The van der Waals surface area contributed by atoms with Crippen molar-refractivity contribution in [2.24, 2.45) is 0 Å². The second kappa shape index (κ2) is 6.40. The first-order chi connectivity index (χ1) is 12.1. The maximum Gasteiger partial charge on any atom is 0.189 e. The number of nitrogens with one attached hydrogen (secondary N) is 2. The van der Waals surface area contributed by atoms with Gasteiger partial charge in [-0.25, -0.2) is 9.37 Å². The van der Waals surface area contributed by atoms with Gasteiger partial charge in [0.05, 0.1) is 5.52 Å². The number of H-pyrrole nitrogens is 2. The number of fused-ring (bicyclic) bond motifs is 1. The molecule has 1 aromatic carbocycles. The lowest BCUT2D eigenvalue weighted by atomic mass is 9.97. The summed E-state index contributed by atoms with van der Waals surface area (Å²) in [4.78, 5) is 22.0. The Labute approximate surface area is 144 Å². The first-order valence-corrected chi connectivity index (χ1v) is 8.52. The van der Waals surface area contributed by atoms with E-state index in [4.69, 9.17) is 0 Å². The van der Waals surface area contributed by atoms with E-state index in [1.54, 1.807) is 18.2 Å². The third-order valence-electron chi connectivity index (χ3n) is 4.75. The normalized spacial score (nSPS) is 18.7. The fraction of sp³-hybridized carbons (Fsp3) is 0.389. The van der Waals surface area contributed by atoms with Crippen LogP contribution >= 0.6 is 0 Å². The first-order valence-electron chi connectivity index (χ1n) is 8.52. The second-order valence-corrected chi connectivity index (χ2v) is 6.67. The van der Waals surface area contributed by atoms with Crippen LogP contribution in [0.25, 0.3) is 10.9 Å². The standard InChI is InChI=1S/C18H20FN5O/c1-11-20-18(23-22-11)12-4-3-7-24(9-12)10-13-8-16(25)14-5-2-6-15(19)17(14)21-13/h2,5-6,8,12H,3-4,7,9-10H2,1H3,(H,21,25)(H,20,22,23)/t12-/m0/s1. The third kappa shape index (κ3) is 3.19. The number of rotatable bonds is 3. The van der Waals surface area contributed by atoms with Crippen molar-refractivity contribution >= 4 is 10.9 Å². The van der Waals surface area contributed by atoms with Gasteiger partial charge in [-0.3, -0.25) is 14.8 Å². The van der Waals surface area contributed by atoms with E-state index in [1.807, 2.05) is 6.92 Å². The van der Waals surface area contributed by atoms with Crippen molar-refractivity contribution in [3.8, 4) is 0 Å². The zero-order chi connectivity index (χ0) is 17.4. The van der Waals surface area contributed by atoms with Crippen LogP contribution in [-0.4, -0.2) is 38.2 Å². The minimum atomic E-state index is -0.399. The highest BCUT2D eigenvalue weighted by molar-refractivity contribution is 5.78. The molecule has 2 N–H and O–H groups in total. The van der Waals surface area contributed by atoms with Gasteiger partial charge < -0.3 is 4.98 Å². The molecule has 4 rings (SSSR count). The topological polar surface area (TPSA) is 77.7 Å². The van der Waals surface area contributed by atoms with Gasteiger partial charge in [-0.05, 0) is 38.4 Å². The van der Waals surface area contributed by atoms with Gasteiger partial charge >= 0.3 is 0 Å². The molecule has 130 valence electrons. The highest BCUT2D eigenvalue weighted by atomic mass is 19.1. The molecule has 1 aliphatic rings. The quantitative estimate of drug-likeness (QED) is 0.767. The Kier molecular flexibility index (Phi) is 4.09. The van der Waals surface area contributed by atoms with E-state index in [1.165, 1.54) is 6.07 Å². The van der Waals surface area contributed by atoms with Crippen molar-refractivity contribution < 1.29 is 4.39 Å². The average Bonchev–Trinajstić information content (AvgIpc) is 3.03. The van der Waals surface area contributed by atoms with Crippen molar-refractivity contribution in [1.29, 1.82) is 0 Å². The first kappa shape index (κ1) is 16.0. The summed E-state index contributed by atoms with van der Waals surface area (Å²) in [6, 6.07) is 6.14. The van der Waals surface area contributed by atoms with E-state index in [2.05, 4.69) is 25.1 Å². The Hall–Kier alpha value is -2.54. The Morgan fingerprint density at radius 3 is 3.08 bits per heavy atom. The molecule has 0 radical (unpaired) electrons. The van der Waals surface area contributed by atoms with Crippen LogP contribution in [0.15, 0.2) is 29.1 Å². The molecule has 2 aromatic heterocycles. The summed E-state index contributed by atoms with van der Waals surface area (Å²) in [6.07, 6.45) is 2.10. The van der Waals surface area contributed by atoms with Crippen LogP contribution in [0, 0.1) is 12.7 Å². The van der Waals surface area contributed by atoms with Crippen LogP contribution < -0.4 is 5.43 Å². The molecule has 3 heterocycles. The van der Waals surface area contributed by atoms with Gasteiger partial charge in [-0.2, -0.15) is 5.10 Å². The van der Waals surface area contributed by atoms with E-state index in [-0.39, 0.29) is 16.9 Å². The smallest absolute Gasteiger partial charge is 0.189 e. The molecule has 7 heteroatoms. The lowest BCUT2D eigenvalue weighted by molar-refractivity contribution is 0.195. The SMILES string of the molecule is Cc1nc([C@H]2CCCN(Cc3cc(=O)c4cccc(F)c4[nH]3)C2)n[nH]1. The lowest BCUT2D eigenvalue weighted by Gasteiger charge is -2.31. The van der Waals surface area contributed by atoms with E-state index >= 15 is 0 Å². The van der Waals surface area contributed by atoms with Gasteiger partial charge in [-0.1, -0.05) is 6.07 Å². The minimum Gasteiger partial charge on any atom is -0.355 e. The van der Waals surface area contributed by atoms with Crippen molar-refractivity contribution in [2.45, 2.75) is 32.2 Å². The lowest BCUT2D eigenvalue weighted by Crippen LogP contribution is -2.34. The van der Waals surface area contributed by atoms with Crippen LogP contribution in [0.5, 0.6) is 0 Å². The van der Waals surface area contributed by atoms with Crippen molar-refractivity contribution in [3.63, 3.8) is 0 Å². The summed E-state index contributed by atoms with van der Waals surface area (Å²) in [7, 11) is 0. The predicted molar refractivity (Wildman–Crippen MR) is 92.9 cm³/mol. The van der Waals surface area contributed by atoms with Crippen molar-refractivity contribution in [2.75, 3.05) is 13.1 Å². The molecule has 1 aliphatic heterocycles. The van der Waals surface area contributed by atoms with Gasteiger partial charge in [0.2, 0.25) is 0 Å². The molecule has 0 bridgehead atoms. The van der Waals surface area contributed by atoms with Gasteiger partial charge in [-0.15, -0.1) is 0 Å². The molecule has 1 atom stereocenters. The molecule has 0 unspecified atom stereocenters. The number of pyridine rings is 1. The number of halogens is 1. The summed E-state index contributed by atoms with van der Waals surface area (Å²) >= 11 is 0. The summed E-state index contributed by atoms with van der Waals surface area (Å²) in [6.45, 7) is 4.25. The van der Waals surface area contributed by atoms with E-state index < -0.39 is 5.82 Å². The number of aromatic nitrogens is 4. The van der Waals surface area contributed by atoms with Gasteiger partial charge in [0.25, 0.3) is 0 Å². The summed E-state index contributed by atoms with van der Waals surface area (Å²) < 4.78 is 14.0. The molecule has 0 spiro atoms. The average molecular weight is 341 g/mol. The Morgan fingerprint density at radius 1 is 1.40 bits per heavy atom. The van der Waals surface area contributed by atoms with Crippen molar-refractivity contribution in [1.82, 2.24) is 25.1 Å². The van der Waals surface area contributed by atoms with Crippen molar-refractivity contribution in [3.05, 3.63) is 57.6 Å². The van der Waals surface area contributed by atoms with Gasteiger partial charge in [0.15, 0.2) is 11.3 Å². The summed E-state index contributed by atoms with van der Waals surface area (Å²) in [5.74, 6) is 1.55. The van der Waals surface area contributed by atoms with E-state index in [0.29, 0.717) is 11.9 Å². The maximum atomic E-state index is 14.0. The summed E-state index contributed by atoms with van der Waals surface area (Å²) in [5, 5.41) is 7.56. The molecule has 0 aliphatic carbocycles. The Morgan fingerprint density at radius 2 is 2.28 bits per heavy atom. The number of aryl methyl sites for hydroxylation is 1. The number of para-hydroxylation sites is 1. The van der Waals surface area contributed by atoms with Crippen LogP contribution in [-0.2, 0) is 6.54 Å². The fourth-order valence-electron chi connectivity index (χ4n) is 3.57. The van der Waals surface area contributed by atoms with E-state index in [9.17, 15) is 9.18 Å². The molecule has 0 saturated carbocycles. The molecule has 1 fully saturated rings.